The molecule has 2 aliphatic rings. The lowest BCUT2D eigenvalue weighted by Gasteiger charge is -2.34. The molecule has 0 saturated carbocycles. The molecular weight excluding hydrogens is 392 g/mol. The average molecular weight is 415 g/mol. The van der Waals surface area contributed by atoms with Crippen molar-refractivity contribution in [3.63, 3.8) is 0 Å². The van der Waals surface area contributed by atoms with Crippen molar-refractivity contribution in [3.8, 4) is 0 Å². The average Bonchev–Trinajstić information content (AvgIpc) is 3.02. The van der Waals surface area contributed by atoms with Gasteiger partial charge in [-0.15, -0.1) is 0 Å². The van der Waals surface area contributed by atoms with Gasteiger partial charge in [-0.3, -0.25) is 9.59 Å². The molecule has 1 aromatic carbocycles. The molecule has 3 rings (SSSR count). The van der Waals surface area contributed by atoms with Gasteiger partial charge in [-0.25, -0.2) is 16.8 Å². The van der Waals surface area contributed by atoms with Crippen molar-refractivity contribution in [1.82, 2.24) is 9.80 Å². The molecule has 148 valence electrons. The van der Waals surface area contributed by atoms with Crippen molar-refractivity contribution >= 4 is 31.5 Å². The van der Waals surface area contributed by atoms with Gasteiger partial charge in [0.05, 0.1) is 21.7 Å². The number of hydrogen-bond acceptors (Lipinski definition) is 6. The Balaban J connectivity index is 1.70. The van der Waals surface area contributed by atoms with Gasteiger partial charge in [0.2, 0.25) is 5.91 Å². The summed E-state index contributed by atoms with van der Waals surface area (Å²) >= 11 is 0. The Bertz CT molecular complexity index is 946. The van der Waals surface area contributed by atoms with E-state index in [0.29, 0.717) is 31.7 Å². The Labute approximate surface area is 159 Å². The minimum absolute atomic E-state index is 0.0226. The van der Waals surface area contributed by atoms with Gasteiger partial charge in [0.25, 0.3) is 5.91 Å². The summed E-state index contributed by atoms with van der Waals surface area (Å²) in [6.45, 7) is 3.30. The lowest BCUT2D eigenvalue weighted by atomic mass is 10.2. The summed E-state index contributed by atoms with van der Waals surface area (Å²) in [5.74, 6) is -0.702. The number of sulfone groups is 2. The molecule has 0 N–H and O–H groups in total. The smallest absolute Gasteiger partial charge is 0.253 e. The molecule has 2 heterocycles. The van der Waals surface area contributed by atoms with E-state index in [0.717, 1.165) is 0 Å². The highest BCUT2D eigenvalue weighted by Gasteiger charge is 2.38. The van der Waals surface area contributed by atoms with Gasteiger partial charge >= 0.3 is 0 Å². The number of amides is 2. The van der Waals surface area contributed by atoms with Crippen molar-refractivity contribution in [2.75, 3.05) is 37.7 Å². The zero-order chi connectivity index (χ0) is 19.8. The summed E-state index contributed by atoms with van der Waals surface area (Å²) in [4.78, 5) is 27.3. The van der Waals surface area contributed by atoms with Crippen molar-refractivity contribution in [3.05, 3.63) is 29.8 Å². The van der Waals surface area contributed by atoms with Crippen molar-refractivity contribution in [2.45, 2.75) is 23.5 Å². The van der Waals surface area contributed by atoms with Gasteiger partial charge in [-0.05, 0) is 30.7 Å². The van der Waals surface area contributed by atoms with Gasteiger partial charge in [0.1, 0.15) is 0 Å². The molecule has 0 radical (unpaired) electrons. The van der Waals surface area contributed by atoms with E-state index in [1.54, 1.807) is 9.80 Å². The third-order valence-electron chi connectivity index (χ3n) is 5.07. The van der Waals surface area contributed by atoms with Crippen molar-refractivity contribution < 1.29 is 26.4 Å². The van der Waals surface area contributed by atoms with Gasteiger partial charge in [0.15, 0.2) is 19.7 Å². The van der Waals surface area contributed by atoms with Crippen LogP contribution in [-0.4, -0.2) is 81.4 Å². The zero-order valence-corrected chi connectivity index (χ0v) is 16.6. The van der Waals surface area contributed by atoms with E-state index in [1.807, 2.05) is 0 Å². The first-order valence-corrected chi connectivity index (χ1v) is 12.1. The molecule has 27 heavy (non-hydrogen) atoms. The minimum atomic E-state index is -3.74. The fourth-order valence-electron chi connectivity index (χ4n) is 3.39. The number of nitrogens with zero attached hydrogens (tertiary/aromatic N) is 2. The SMILES string of the molecule is CC(=O)N1CCN(C(=O)c2ccc(S(=O)(=O)[C@@H]3CCS(=O)(=O)C3)cc2)CC1. The first-order valence-electron chi connectivity index (χ1n) is 8.69. The first kappa shape index (κ1) is 19.8. The Hall–Kier alpha value is -1.94. The monoisotopic (exact) mass is 414 g/mol. The molecule has 0 bridgehead atoms. The van der Waals surface area contributed by atoms with E-state index in [2.05, 4.69) is 0 Å². The summed E-state index contributed by atoms with van der Waals surface area (Å²) in [6, 6.07) is 5.63. The van der Waals surface area contributed by atoms with Gasteiger partial charge in [-0.1, -0.05) is 0 Å². The normalized spacial score (nSPS) is 22.6. The highest BCUT2D eigenvalue weighted by Crippen LogP contribution is 2.25. The molecule has 2 fully saturated rings. The Morgan fingerprint density at radius 1 is 1.00 bits per heavy atom. The number of hydrogen-bond donors (Lipinski definition) is 0. The number of piperazine rings is 1. The number of carbonyl (C=O) groups excluding carboxylic acids is 2. The summed E-state index contributed by atoms with van der Waals surface area (Å²) in [5.41, 5.74) is 0.365. The van der Waals surface area contributed by atoms with Crippen LogP contribution in [0.25, 0.3) is 0 Å². The lowest BCUT2D eigenvalue weighted by Crippen LogP contribution is -2.50. The van der Waals surface area contributed by atoms with Crippen LogP contribution in [0, 0.1) is 0 Å². The van der Waals surface area contributed by atoms with Crippen LogP contribution in [0.15, 0.2) is 29.2 Å². The predicted octanol–water partition coefficient (Wildman–Crippen LogP) is -0.0483. The van der Waals surface area contributed by atoms with Crippen LogP contribution >= 0.6 is 0 Å². The molecule has 1 aromatic rings. The third-order valence-corrected chi connectivity index (χ3v) is 9.26. The van der Waals surface area contributed by atoms with Crippen LogP contribution in [0.2, 0.25) is 0 Å². The van der Waals surface area contributed by atoms with Gasteiger partial charge < -0.3 is 9.80 Å². The molecule has 2 saturated heterocycles. The van der Waals surface area contributed by atoms with Crippen LogP contribution in [0.3, 0.4) is 0 Å². The maximum absolute atomic E-state index is 12.6. The summed E-state index contributed by atoms with van der Waals surface area (Å²) in [7, 11) is -7.04. The third kappa shape index (κ3) is 4.16. The molecule has 0 unspecified atom stereocenters. The van der Waals surface area contributed by atoms with Crippen LogP contribution < -0.4 is 0 Å². The standard InChI is InChI=1S/C17H22N2O6S2/c1-13(20)18-7-9-19(10-8-18)17(21)14-2-4-15(5-3-14)27(24,25)16-6-11-26(22,23)12-16/h2-5,16H,6-12H2,1H3/t16-/m1/s1. The lowest BCUT2D eigenvalue weighted by molar-refractivity contribution is -0.130. The van der Waals surface area contributed by atoms with Crippen LogP contribution in [-0.2, 0) is 24.5 Å². The molecular formula is C17H22N2O6S2. The highest BCUT2D eigenvalue weighted by atomic mass is 32.2. The molecule has 1 atom stereocenters. The van der Waals surface area contributed by atoms with E-state index in [4.69, 9.17) is 0 Å². The fraction of sp³-hybridized carbons (Fsp3) is 0.529. The molecule has 10 heteroatoms. The quantitative estimate of drug-likeness (QED) is 0.686. The van der Waals surface area contributed by atoms with Crippen molar-refractivity contribution in [2.24, 2.45) is 0 Å². The van der Waals surface area contributed by atoms with E-state index in [9.17, 15) is 26.4 Å². The molecule has 0 aromatic heterocycles. The van der Waals surface area contributed by atoms with E-state index < -0.39 is 24.9 Å². The van der Waals surface area contributed by atoms with E-state index in [1.165, 1.54) is 31.2 Å². The molecule has 8 nitrogen and oxygen atoms in total. The molecule has 2 aliphatic heterocycles. The van der Waals surface area contributed by atoms with E-state index in [-0.39, 0.29) is 34.6 Å². The van der Waals surface area contributed by atoms with Crippen LogP contribution in [0.5, 0.6) is 0 Å². The Morgan fingerprint density at radius 3 is 2.04 bits per heavy atom. The topological polar surface area (TPSA) is 109 Å². The second-order valence-electron chi connectivity index (χ2n) is 6.89. The second-order valence-corrected chi connectivity index (χ2v) is 11.3. The summed E-state index contributed by atoms with van der Waals surface area (Å²) in [5, 5.41) is -0.927. The predicted molar refractivity (Wildman–Crippen MR) is 98.8 cm³/mol. The number of carbonyl (C=O) groups is 2. The fourth-order valence-corrected chi connectivity index (χ4v) is 7.75. The number of rotatable bonds is 3. The van der Waals surface area contributed by atoms with Crippen LogP contribution in [0.1, 0.15) is 23.7 Å². The second kappa shape index (κ2) is 7.23. The maximum atomic E-state index is 12.6. The highest BCUT2D eigenvalue weighted by molar-refractivity contribution is 7.96. The maximum Gasteiger partial charge on any atom is 0.253 e. The molecule has 2 amide bonds. The van der Waals surface area contributed by atoms with Gasteiger partial charge in [-0.2, -0.15) is 0 Å². The minimum Gasteiger partial charge on any atom is -0.339 e. The largest absolute Gasteiger partial charge is 0.339 e. The molecule has 0 aliphatic carbocycles. The van der Waals surface area contributed by atoms with Gasteiger partial charge in [0, 0.05) is 38.7 Å². The molecule has 0 spiro atoms. The Kier molecular flexibility index (Phi) is 5.31. The summed E-state index contributed by atoms with van der Waals surface area (Å²) in [6.07, 6.45) is 0.103. The van der Waals surface area contributed by atoms with E-state index >= 15 is 0 Å². The number of benzene rings is 1. The Morgan fingerprint density at radius 2 is 1.56 bits per heavy atom. The first-order chi connectivity index (χ1) is 12.6. The zero-order valence-electron chi connectivity index (χ0n) is 15.0. The van der Waals surface area contributed by atoms with Crippen LogP contribution in [0.4, 0.5) is 0 Å². The summed E-state index contributed by atoms with van der Waals surface area (Å²) < 4.78 is 48.3. The van der Waals surface area contributed by atoms with Crippen molar-refractivity contribution in [1.29, 1.82) is 0 Å².